The number of hydrogen-bond acceptors (Lipinski definition) is 3. The number of hydrogen-bond donors (Lipinski definition) is 1. The van der Waals surface area contributed by atoms with E-state index in [4.69, 9.17) is 0 Å². The summed E-state index contributed by atoms with van der Waals surface area (Å²) in [7, 11) is 2.00. The van der Waals surface area contributed by atoms with Gasteiger partial charge in [-0.05, 0) is 32.7 Å². The lowest BCUT2D eigenvalue weighted by Gasteiger charge is -2.21. The van der Waals surface area contributed by atoms with Crippen LogP contribution in [0.15, 0.2) is 0 Å². The summed E-state index contributed by atoms with van der Waals surface area (Å²) in [6, 6.07) is 0. The first-order valence-corrected chi connectivity index (χ1v) is 6.73. The summed E-state index contributed by atoms with van der Waals surface area (Å²) in [5, 5.41) is 4.44. The van der Waals surface area contributed by atoms with Crippen molar-refractivity contribution < 1.29 is 0 Å². The number of nitrogens with zero attached hydrogens (tertiary/aromatic N) is 1. The van der Waals surface area contributed by atoms with Crippen molar-refractivity contribution in [2.45, 2.75) is 51.5 Å². The van der Waals surface area contributed by atoms with E-state index in [1.54, 1.807) is 4.88 Å². The summed E-state index contributed by atoms with van der Waals surface area (Å²) in [6.07, 6.45) is 6.98. The Balaban J connectivity index is 2.17. The Hall–Kier alpha value is -0.410. The maximum atomic E-state index is 4.63. The minimum absolute atomic E-state index is 0.799. The molecule has 1 aliphatic rings. The van der Waals surface area contributed by atoms with Gasteiger partial charge in [0.25, 0.3) is 0 Å². The van der Waals surface area contributed by atoms with Crippen molar-refractivity contribution in [3.05, 3.63) is 15.6 Å². The Bertz CT molecular complexity index is 313. The first-order valence-electron chi connectivity index (χ1n) is 5.92. The highest BCUT2D eigenvalue weighted by molar-refractivity contribution is 7.11. The van der Waals surface area contributed by atoms with Crippen LogP contribution in [-0.4, -0.2) is 12.0 Å². The molecule has 1 aromatic rings. The predicted molar refractivity (Wildman–Crippen MR) is 65.4 cm³/mol. The lowest BCUT2D eigenvalue weighted by Crippen LogP contribution is -2.11. The molecule has 15 heavy (non-hydrogen) atoms. The molecule has 0 unspecified atom stereocenters. The molecule has 0 radical (unpaired) electrons. The molecule has 0 atom stereocenters. The van der Waals surface area contributed by atoms with E-state index >= 15 is 0 Å². The van der Waals surface area contributed by atoms with Crippen molar-refractivity contribution in [1.82, 2.24) is 10.3 Å². The Labute approximate surface area is 96.1 Å². The maximum Gasteiger partial charge on any atom is 0.0900 e. The molecule has 3 heteroatoms. The number of thiazole rings is 1. The second-order valence-electron chi connectivity index (χ2n) is 4.41. The summed E-state index contributed by atoms with van der Waals surface area (Å²) < 4.78 is 0. The van der Waals surface area contributed by atoms with E-state index in [1.165, 1.54) is 42.8 Å². The SMILES string of the molecule is CNCc1nc(C)sc1C1CCCCC1. The summed E-state index contributed by atoms with van der Waals surface area (Å²) in [5.74, 6) is 0.799. The zero-order valence-corrected chi connectivity index (χ0v) is 10.5. The van der Waals surface area contributed by atoms with E-state index in [9.17, 15) is 0 Å². The second kappa shape index (κ2) is 5.08. The van der Waals surface area contributed by atoms with Crippen molar-refractivity contribution >= 4 is 11.3 Å². The highest BCUT2D eigenvalue weighted by Gasteiger charge is 2.21. The van der Waals surface area contributed by atoms with Crippen LogP contribution in [0.4, 0.5) is 0 Å². The van der Waals surface area contributed by atoms with Crippen LogP contribution in [0.5, 0.6) is 0 Å². The average molecular weight is 224 g/mol. The maximum absolute atomic E-state index is 4.63. The van der Waals surface area contributed by atoms with Gasteiger partial charge in [-0.2, -0.15) is 0 Å². The molecule has 1 saturated carbocycles. The van der Waals surface area contributed by atoms with Crippen LogP contribution in [0.1, 0.15) is 53.6 Å². The average Bonchev–Trinajstić information content (AvgIpc) is 2.62. The fourth-order valence-electron chi connectivity index (χ4n) is 2.46. The molecule has 0 amide bonds. The molecule has 0 saturated heterocycles. The third kappa shape index (κ3) is 2.58. The molecule has 0 bridgehead atoms. The minimum atomic E-state index is 0.799. The third-order valence-electron chi connectivity index (χ3n) is 3.15. The fourth-order valence-corrected chi connectivity index (χ4v) is 3.58. The highest BCUT2D eigenvalue weighted by atomic mass is 32.1. The summed E-state index contributed by atoms with van der Waals surface area (Å²) >= 11 is 1.91. The van der Waals surface area contributed by atoms with Crippen LogP contribution in [0.3, 0.4) is 0 Å². The lowest BCUT2D eigenvalue weighted by atomic mass is 9.87. The van der Waals surface area contributed by atoms with E-state index < -0.39 is 0 Å². The first-order chi connectivity index (χ1) is 7.31. The zero-order valence-electron chi connectivity index (χ0n) is 9.68. The summed E-state index contributed by atoms with van der Waals surface area (Å²) in [6.45, 7) is 3.05. The van der Waals surface area contributed by atoms with Crippen molar-refractivity contribution in [2.24, 2.45) is 0 Å². The molecule has 0 aliphatic heterocycles. The Morgan fingerprint density at radius 1 is 1.33 bits per heavy atom. The van der Waals surface area contributed by atoms with Gasteiger partial charge in [0, 0.05) is 11.4 Å². The van der Waals surface area contributed by atoms with Gasteiger partial charge in [0.05, 0.1) is 10.7 Å². The minimum Gasteiger partial charge on any atom is -0.314 e. The van der Waals surface area contributed by atoms with Crippen LogP contribution < -0.4 is 5.32 Å². The van der Waals surface area contributed by atoms with Gasteiger partial charge in [-0.3, -0.25) is 0 Å². The van der Waals surface area contributed by atoms with E-state index in [2.05, 4.69) is 17.2 Å². The lowest BCUT2D eigenvalue weighted by molar-refractivity contribution is 0.445. The summed E-state index contributed by atoms with van der Waals surface area (Å²) in [4.78, 5) is 6.19. The van der Waals surface area contributed by atoms with E-state index in [0.29, 0.717) is 0 Å². The molecule has 0 spiro atoms. The molecule has 1 aromatic heterocycles. The zero-order chi connectivity index (χ0) is 10.7. The van der Waals surface area contributed by atoms with Gasteiger partial charge in [0.2, 0.25) is 0 Å². The Morgan fingerprint density at radius 2 is 2.07 bits per heavy atom. The Morgan fingerprint density at radius 3 is 2.73 bits per heavy atom. The van der Waals surface area contributed by atoms with Crippen LogP contribution in [-0.2, 0) is 6.54 Å². The molecule has 1 heterocycles. The van der Waals surface area contributed by atoms with Gasteiger partial charge < -0.3 is 5.32 Å². The van der Waals surface area contributed by atoms with Crippen molar-refractivity contribution in [2.75, 3.05) is 7.05 Å². The quantitative estimate of drug-likeness (QED) is 0.852. The highest BCUT2D eigenvalue weighted by Crippen LogP contribution is 2.37. The Kier molecular flexibility index (Phi) is 3.76. The largest absolute Gasteiger partial charge is 0.314 e. The second-order valence-corrected chi connectivity index (χ2v) is 5.64. The standard InChI is InChI=1S/C12H20N2S/c1-9-14-11(8-13-2)12(15-9)10-6-4-3-5-7-10/h10,13H,3-8H2,1-2H3. The van der Waals surface area contributed by atoms with Crippen molar-refractivity contribution in [3.8, 4) is 0 Å². The normalized spacial score (nSPS) is 18.3. The monoisotopic (exact) mass is 224 g/mol. The van der Waals surface area contributed by atoms with Crippen LogP contribution >= 0.6 is 11.3 Å². The molecule has 2 rings (SSSR count). The molecule has 1 fully saturated rings. The van der Waals surface area contributed by atoms with Gasteiger partial charge in [-0.1, -0.05) is 19.3 Å². The fraction of sp³-hybridized carbons (Fsp3) is 0.750. The van der Waals surface area contributed by atoms with Crippen molar-refractivity contribution in [1.29, 1.82) is 0 Å². The van der Waals surface area contributed by atoms with Crippen LogP contribution in [0, 0.1) is 6.92 Å². The van der Waals surface area contributed by atoms with Crippen molar-refractivity contribution in [3.63, 3.8) is 0 Å². The van der Waals surface area contributed by atoms with Gasteiger partial charge in [-0.25, -0.2) is 4.98 Å². The van der Waals surface area contributed by atoms with Gasteiger partial charge in [-0.15, -0.1) is 11.3 Å². The van der Waals surface area contributed by atoms with E-state index in [0.717, 1.165) is 12.5 Å². The van der Waals surface area contributed by atoms with Crippen LogP contribution in [0.25, 0.3) is 0 Å². The number of nitrogens with one attached hydrogen (secondary N) is 1. The van der Waals surface area contributed by atoms with Gasteiger partial charge in [0.1, 0.15) is 0 Å². The molecule has 1 aliphatic carbocycles. The van der Waals surface area contributed by atoms with Gasteiger partial charge >= 0.3 is 0 Å². The molecule has 0 aromatic carbocycles. The van der Waals surface area contributed by atoms with E-state index in [1.807, 2.05) is 18.4 Å². The number of aromatic nitrogens is 1. The van der Waals surface area contributed by atoms with Crippen LogP contribution in [0.2, 0.25) is 0 Å². The molecular weight excluding hydrogens is 204 g/mol. The topological polar surface area (TPSA) is 24.9 Å². The molecule has 84 valence electrons. The molecule has 2 nitrogen and oxygen atoms in total. The smallest absolute Gasteiger partial charge is 0.0900 e. The predicted octanol–water partition coefficient (Wildman–Crippen LogP) is 3.22. The van der Waals surface area contributed by atoms with E-state index in [-0.39, 0.29) is 0 Å². The first kappa shape index (κ1) is 11.1. The number of aryl methyl sites for hydroxylation is 1. The summed E-state index contributed by atoms with van der Waals surface area (Å²) in [5.41, 5.74) is 1.30. The third-order valence-corrected chi connectivity index (χ3v) is 4.33. The van der Waals surface area contributed by atoms with Gasteiger partial charge in [0.15, 0.2) is 0 Å². The molecule has 1 N–H and O–H groups in total. The number of rotatable bonds is 3. The molecular formula is C12H20N2S.